The number of hydrogen-bond donors (Lipinski definition) is 4. The SMILES string of the molecule is CC[C@H](COC)CN(Cc1nc2c(ccc3cc4c(cc32)OCc2cc(-c3cnc([C@@H]5CC[C@H](C)N5C(=O)[C@@H](NC(=O)OC)C(C)C)[nH]3)ccc2-4)[nH]1)C(=O)[C@@H](NC(=O)OC)C1CCOCC1. The number of rotatable bonds is 15. The van der Waals surface area contributed by atoms with E-state index in [-0.39, 0.29) is 48.2 Å². The van der Waals surface area contributed by atoms with E-state index in [1.165, 1.54) is 14.2 Å². The molecule has 8 rings (SSSR count). The van der Waals surface area contributed by atoms with Crippen LogP contribution in [-0.2, 0) is 41.7 Å². The fourth-order valence-electron chi connectivity index (χ4n) is 9.79. The van der Waals surface area contributed by atoms with Crippen LogP contribution in [0.15, 0.2) is 48.7 Å². The molecule has 2 saturated heterocycles. The first-order valence-corrected chi connectivity index (χ1v) is 23.0. The number of nitrogens with zero attached hydrogens (tertiary/aromatic N) is 4. The lowest BCUT2D eigenvalue weighted by Crippen LogP contribution is -2.54. The fraction of sp³-hybridized carbons (Fsp3) is 0.510. The van der Waals surface area contributed by atoms with Gasteiger partial charge in [0.25, 0.3) is 0 Å². The summed E-state index contributed by atoms with van der Waals surface area (Å²) >= 11 is 0. The number of imidazole rings is 2. The number of aromatic nitrogens is 4. The number of amides is 4. The third-order valence-electron chi connectivity index (χ3n) is 13.5. The van der Waals surface area contributed by atoms with E-state index < -0.39 is 24.3 Å². The van der Waals surface area contributed by atoms with Gasteiger partial charge in [-0.25, -0.2) is 19.6 Å². The number of carbonyl (C=O) groups is 4. The lowest BCUT2D eigenvalue weighted by molar-refractivity contribution is -0.138. The van der Waals surface area contributed by atoms with Crippen LogP contribution in [0.25, 0.3) is 44.2 Å². The average molecular weight is 907 g/mol. The zero-order chi connectivity index (χ0) is 46.6. The lowest BCUT2D eigenvalue weighted by Gasteiger charge is -2.34. The van der Waals surface area contributed by atoms with Crippen LogP contribution in [0.5, 0.6) is 5.75 Å². The summed E-state index contributed by atoms with van der Waals surface area (Å²) in [7, 11) is 4.25. The minimum absolute atomic E-state index is 0.0237. The molecule has 0 aliphatic carbocycles. The summed E-state index contributed by atoms with van der Waals surface area (Å²) in [6.45, 7) is 10.4. The Morgan fingerprint density at radius 3 is 2.44 bits per heavy atom. The summed E-state index contributed by atoms with van der Waals surface area (Å²) in [5.74, 6) is 1.56. The van der Waals surface area contributed by atoms with Crippen molar-refractivity contribution in [2.75, 3.05) is 47.7 Å². The highest BCUT2D eigenvalue weighted by Gasteiger charge is 2.41. The van der Waals surface area contributed by atoms with Crippen LogP contribution in [-0.4, -0.2) is 120 Å². The van der Waals surface area contributed by atoms with E-state index in [0.717, 1.165) is 74.8 Å². The number of alkyl carbamates (subject to hydrolysis) is 2. The molecule has 3 aliphatic rings. The molecule has 2 aromatic heterocycles. The topological polar surface area (TPSA) is 202 Å². The zero-order valence-electron chi connectivity index (χ0n) is 38.9. The molecule has 0 saturated carbocycles. The molecule has 17 nitrogen and oxygen atoms in total. The first-order valence-electron chi connectivity index (χ1n) is 23.0. The Kier molecular flexibility index (Phi) is 14.1. The van der Waals surface area contributed by atoms with Crippen LogP contribution in [0.1, 0.15) is 83.1 Å². The molecule has 0 bridgehead atoms. The highest BCUT2D eigenvalue weighted by atomic mass is 16.5. The molecule has 4 N–H and O–H groups in total. The fourth-order valence-corrected chi connectivity index (χ4v) is 9.79. The third-order valence-corrected chi connectivity index (χ3v) is 13.5. The van der Waals surface area contributed by atoms with Crippen molar-refractivity contribution in [3.63, 3.8) is 0 Å². The van der Waals surface area contributed by atoms with Crippen LogP contribution in [0, 0.1) is 17.8 Å². The summed E-state index contributed by atoms with van der Waals surface area (Å²) in [6.07, 6.45) is 4.18. The highest BCUT2D eigenvalue weighted by Crippen LogP contribution is 2.43. The van der Waals surface area contributed by atoms with Crippen LogP contribution < -0.4 is 15.4 Å². The molecule has 17 heteroatoms. The molecule has 4 amide bonds. The van der Waals surface area contributed by atoms with Crippen LogP contribution in [0.3, 0.4) is 0 Å². The first kappa shape index (κ1) is 46.3. The highest BCUT2D eigenvalue weighted by molar-refractivity contribution is 6.07. The van der Waals surface area contributed by atoms with Gasteiger partial charge >= 0.3 is 12.2 Å². The Bertz CT molecular complexity index is 2570. The molecule has 3 aromatic carbocycles. The van der Waals surface area contributed by atoms with E-state index in [9.17, 15) is 19.2 Å². The predicted molar refractivity (Wildman–Crippen MR) is 247 cm³/mol. The monoisotopic (exact) mass is 906 g/mol. The smallest absolute Gasteiger partial charge is 0.407 e. The molecule has 3 aliphatic heterocycles. The second kappa shape index (κ2) is 20.1. The normalized spacial score (nSPS) is 18.6. The maximum atomic E-state index is 14.5. The zero-order valence-corrected chi connectivity index (χ0v) is 38.9. The van der Waals surface area contributed by atoms with Crippen LogP contribution >= 0.6 is 0 Å². The lowest BCUT2D eigenvalue weighted by atomic mass is 9.90. The molecule has 66 heavy (non-hydrogen) atoms. The average Bonchev–Trinajstić information content (AvgIpc) is 4.09. The number of carbonyl (C=O) groups excluding carboxylic acids is 4. The van der Waals surface area contributed by atoms with Crippen molar-refractivity contribution in [3.05, 3.63) is 65.9 Å². The second-order valence-corrected chi connectivity index (χ2v) is 18.1. The number of benzene rings is 3. The maximum absolute atomic E-state index is 14.5. The van der Waals surface area contributed by atoms with E-state index in [4.69, 9.17) is 33.7 Å². The molecular weight excluding hydrogens is 845 g/mol. The molecule has 5 heterocycles. The van der Waals surface area contributed by atoms with Crippen molar-refractivity contribution in [1.82, 2.24) is 40.4 Å². The second-order valence-electron chi connectivity index (χ2n) is 18.1. The van der Waals surface area contributed by atoms with Crippen molar-refractivity contribution in [2.24, 2.45) is 17.8 Å². The molecule has 0 unspecified atom stereocenters. The molecule has 352 valence electrons. The number of aromatic amines is 2. The van der Waals surface area contributed by atoms with Gasteiger partial charge in [-0.3, -0.25) is 9.59 Å². The van der Waals surface area contributed by atoms with Gasteiger partial charge in [0, 0.05) is 43.9 Å². The van der Waals surface area contributed by atoms with Gasteiger partial charge in [-0.05, 0) is 103 Å². The van der Waals surface area contributed by atoms with Gasteiger partial charge in [-0.2, -0.15) is 0 Å². The largest absolute Gasteiger partial charge is 0.488 e. The minimum Gasteiger partial charge on any atom is -0.488 e. The maximum Gasteiger partial charge on any atom is 0.407 e. The summed E-state index contributed by atoms with van der Waals surface area (Å²) < 4.78 is 27.3. The van der Waals surface area contributed by atoms with Crippen molar-refractivity contribution in [1.29, 1.82) is 0 Å². The molecule has 2 fully saturated rings. The minimum atomic E-state index is -0.780. The predicted octanol–water partition coefficient (Wildman–Crippen LogP) is 7.25. The Labute approximate surface area is 384 Å². The molecular formula is C49H62N8O9. The van der Waals surface area contributed by atoms with Crippen molar-refractivity contribution in [3.8, 4) is 28.1 Å². The number of methoxy groups -OCH3 is 3. The Hall–Kier alpha value is -6.20. The Balaban J connectivity index is 1.04. The molecule has 0 radical (unpaired) electrons. The summed E-state index contributed by atoms with van der Waals surface area (Å²) in [4.78, 5) is 73.6. The van der Waals surface area contributed by atoms with Gasteiger partial charge in [-0.1, -0.05) is 39.0 Å². The summed E-state index contributed by atoms with van der Waals surface area (Å²) in [6, 6.07) is 12.8. The van der Waals surface area contributed by atoms with Gasteiger partial charge < -0.3 is 54.1 Å². The van der Waals surface area contributed by atoms with Crippen LogP contribution in [0.4, 0.5) is 9.59 Å². The number of likely N-dealkylation sites (tertiary alicyclic amines) is 1. The number of ether oxygens (including phenoxy) is 5. The standard InChI is InChI=1S/C49H62N8O9/c1-8-29(25-62-5)23-56(46(58)43(55-49(61)64-7)30-15-17-65-18-16-30)24-41-51-37-13-11-31-20-36-34-12-10-32(19-33(34)26-66-40(36)21-35(31)44(37)53-41)38-22-50-45(52-38)39-14-9-28(4)57(39)47(59)42(27(2)3)54-48(60)63-6/h10-13,19-22,27-30,39,42-43H,8-9,14-18,23-26H2,1-7H3,(H,50,52)(H,51,53)(H,54,60)(H,55,61)/t28-,29-,39-,42-,43-/m0/s1. The van der Waals surface area contributed by atoms with Crippen molar-refractivity contribution >= 4 is 45.8 Å². The van der Waals surface area contributed by atoms with E-state index in [2.05, 4.69) is 57.9 Å². The quantitative estimate of drug-likeness (QED) is 0.0824. The van der Waals surface area contributed by atoms with Crippen LogP contribution in [0.2, 0.25) is 0 Å². The van der Waals surface area contributed by atoms with Gasteiger partial charge in [0.05, 0.1) is 56.3 Å². The number of H-pyrrole nitrogens is 2. The van der Waals surface area contributed by atoms with Gasteiger partial charge in [0.2, 0.25) is 11.8 Å². The first-order chi connectivity index (χ1) is 31.9. The Morgan fingerprint density at radius 1 is 0.939 bits per heavy atom. The number of nitrogens with one attached hydrogen (secondary N) is 4. The Morgan fingerprint density at radius 2 is 1.71 bits per heavy atom. The summed E-state index contributed by atoms with van der Waals surface area (Å²) in [5, 5.41) is 7.48. The van der Waals surface area contributed by atoms with E-state index in [1.807, 2.05) is 44.0 Å². The van der Waals surface area contributed by atoms with Gasteiger partial charge in [-0.15, -0.1) is 0 Å². The van der Waals surface area contributed by atoms with Gasteiger partial charge in [0.15, 0.2) is 0 Å². The van der Waals surface area contributed by atoms with Gasteiger partial charge in [0.1, 0.15) is 36.1 Å². The van der Waals surface area contributed by atoms with Crippen molar-refractivity contribution < 1.29 is 42.9 Å². The number of fused-ring (bicyclic) bond motifs is 6. The molecule has 5 aromatic rings. The van der Waals surface area contributed by atoms with E-state index in [1.54, 1.807) is 12.0 Å². The van der Waals surface area contributed by atoms with Crippen molar-refractivity contribution in [2.45, 2.75) is 97.1 Å². The van der Waals surface area contributed by atoms with E-state index >= 15 is 0 Å². The molecule has 5 atom stereocenters. The third kappa shape index (κ3) is 9.54. The molecule has 0 spiro atoms. The number of hydrogen-bond acceptors (Lipinski definition) is 11. The summed E-state index contributed by atoms with van der Waals surface area (Å²) in [5.41, 5.74) is 6.45. The van der Waals surface area contributed by atoms with E-state index in [0.29, 0.717) is 57.5 Å².